The topological polar surface area (TPSA) is 42.4 Å². The van der Waals surface area contributed by atoms with Gasteiger partial charge in [0, 0.05) is 24.6 Å². The van der Waals surface area contributed by atoms with E-state index in [0.29, 0.717) is 12.2 Å². The molecule has 1 heterocycles. The summed E-state index contributed by atoms with van der Waals surface area (Å²) in [5.74, 6) is 0.311. The Labute approximate surface area is 134 Å². The van der Waals surface area contributed by atoms with E-state index in [9.17, 15) is 4.39 Å². The van der Waals surface area contributed by atoms with E-state index in [1.165, 1.54) is 6.07 Å². The van der Waals surface area contributed by atoms with Crippen LogP contribution in [0.2, 0.25) is 0 Å². The number of pyridine rings is 1. The van der Waals surface area contributed by atoms with Gasteiger partial charge in [-0.05, 0) is 35.7 Å². The van der Waals surface area contributed by atoms with Crippen LogP contribution in [0.4, 0.5) is 4.39 Å². The largest absolute Gasteiger partial charge is 0.454 e. The summed E-state index contributed by atoms with van der Waals surface area (Å²) in [4.78, 5) is 4.13. The van der Waals surface area contributed by atoms with Gasteiger partial charge >= 0.3 is 0 Å². The van der Waals surface area contributed by atoms with Crippen molar-refractivity contribution in [3.8, 4) is 22.6 Å². The maximum absolute atomic E-state index is 13.8. The molecule has 0 radical (unpaired) electrons. The van der Waals surface area contributed by atoms with Crippen LogP contribution in [0.5, 0.6) is 11.5 Å². The second-order valence-corrected chi connectivity index (χ2v) is 5.07. The molecule has 0 spiro atoms. The molecule has 0 aliphatic rings. The predicted octanol–water partition coefficient (Wildman–Crippen LogP) is 4.21. The van der Waals surface area contributed by atoms with Crippen molar-refractivity contribution in [1.82, 2.24) is 4.98 Å². The molecule has 1 aromatic heterocycles. The molecule has 0 aliphatic heterocycles. The monoisotopic (exact) mass is 309 g/mol. The zero-order chi connectivity index (χ0) is 16.1. The fourth-order valence-electron chi connectivity index (χ4n) is 2.31. The smallest absolute Gasteiger partial charge is 0.165 e. The number of aromatic nitrogens is 1. The third-order valence-electron chi connectivity index (χ3n) is 3.50. The molecule has 3 rings (SSSR count). The molecule has 0 saturated heterocycles. The molecule has 0 amide bonds. The van der Waals surface area contributed by atoms with Crippen LogP contribution in [0, 0.1) is 5.82 Å². The Morgan fingerprint density at radius 3 is 2.48 bits per heavy atom. The Kier molecular flexibility index (Phi) is 4.64. The minimum atomic E-state index is -0.409. The average molecular weight is 309 g/mol. The van der Waals surface area contributed by atoms with Crippen molar-refractivity contribution in [3.63, 3.8) is 0 Å². The van der Waals surface area contributed by atoms with Gasteiger partial charge in [-0.1, -0.05) is 36.4 Å². The lowest BCUT2D eigenvalue weighted by Gasteiger charge is -2.11. The van der Waals surface area contributed by atoms with Crippen molar-refractivity contribution >= 4 is 0 Å². The second kappa shape index (κ2) is 7.03. The van der Waals surface area contributed by atoms with Crippen molar-refractivity contribution in [1.29, 1.82) is 0 Å². The molecule has 1 N–H and O–H groups in total. The number of para-hydroxylation sites is 1. The quantitative estimate of drug-likeness (QED) is 0.767. The summed E-state index contributed by atoms with van der Waals surface area (Å²) < 4.78 is 19.5. The lowest BCUT2D eigenvalue weighted by atomic mass is 10.0. The van der Waals surface area contributed by atoms with Gasteiger partial charge in [0.25, 0.3) is 0 Å². The lowest BCUT2D eigenvalue weighted by Crippen LogP contribution is -1.93. The molecule has 0 fully saturated rings. The van der Waals surface area contributed by atoms with E-state index in [4.69, 9.17) is 9.84 Å². The number of hydrogen-bond donors (Lipinski definition) is 1. The van der Waals surface area contributed by atoms with E-state index in [0.717, 1.165) is 16.7 Å². The highest BCUT2D eigenvalue weighted by Gasteiger charge is 2.10. The Morgan fingerprint density at radius 2 is 1.74 bits per heavy atom. The zero-order valence-corrected chi connectivity index (χ0v) is 12.4. The first-order valence-electron chi connectivity index (χ1n) is 7.34. The van der Waals surface area contributed by atoms with E-state index in [2.05, 4.69) is 4.98 Å². The van der Waals surface area contributed by atoms with Gasteiger partial charge in [-0.15, -0.1) is 0 Å². The molecule has 0 atom stereocenters. The molecule has 0 saturated carbocycles. The Morgan fingerprint density at radius 1 is 0.957 bits per heavy atom. The van der Waals surface area contributed by atoms with Gasteiger partial charge in [0.15, 0.2) is 11.6 Å². The number of rotatable bonds is 5. The maximum atomic E-state index is 13.8. The van der Waals surface area contributed by atoms with Crippen LogP contribution in [0.15, 0.2) is 67.0 Å². The van der Waals surface area contributed by atoms with Crippen LogP contribution < -0.4 is 4.74 Å². The molecule has 3 nitrogen and oxygen atoms in total. The highest BCUT2D eigenvalue weighted by atomic mass is 19.1. The van der Waals surface area contributed by atoms with Gasteiger partial charge < -0.3 is 9.84 Å². The summed E-state index contributed by atoms with van der Waals surface area (Å²) >= 11 is 0. The minimum Gasteiger partial charge on any atom is -0.454 e. The molecule has 0 bridgehead atoms. The first-order chi connectivity index (χ1) is 11.3. The lowest BCUT2D eigenvalue weighted by molar-refractivity contribution is 0.299. The standard InChI is InChI=1S/C19H16FNO2/c20-17-3-1-2-4-19(17)23-18-9-11-21-13-16(18)15-7-5-14(6-8-15)10-12-22/h1-9,11,13,22H,10,12H2. The van der Waals surface area contributed by atoms with Crippen LogP contribution in [0.3, 0.4) is 0 Å². The maximum Gasteiger partial charge on any atom is 0.165 e. The Hall–Kier alpha value is -2.72. The molecular weight excluding hydrogens is 293 g/mol. The van der Waals surface area contributed by atoms with E-state index >= 15 is 0 Å². The normalized spacial score (nSPS) is 10.5. The molecular formula is C19H16FNO2. The zero-order valence-electron chi connectivity index (χ0n) is 12.4. The molecule has 2 aromatic carbocycles. The molecule has 116 valence electrons. The number of nitrogens with zero attached hydrogens (tertiary/aromatic N) is 1. The third-order valence-corrected chi connectivity index (χ3v) is 3.50. The summed E-state index contributed by atoms with van der Waals surface area (Å²) in [6.07, 6.45) is 3.92. The van der Waals surface area contributed by atoms with Gasteiger partial charge in [-0.25, -0.2) is 4.39 Å². The van der Waals surface area contributed by atoms with Crippen molar-refractivity contribution in [2.45, 2.75) is 6.42 Å². The summed E-state index contributed by atoms with van der Waals surface area (Å²) in [7, 11) is 0. The van der Waals surface area contributed by atoms with E-state index in [-0.39, 0.29) is 12.4 Å². The van der Waals surface area contributed by atoms with Crippen LogP contribution in [-0.4, -0.2) is 16.7 Å². The number of aliphatic hydroxyl groups excluding tert-OH is 1. The van der Waals surface area contributed by atoms with Crippen molar-refractivity contribution in [3.05, 3.63) is 78.4 Å². The minimum absolute atomic E-state index is 0.119. The second-order valence-electron chi connectivity index (χ2n) is 5.07. The Balaban J connectivity index is 1.93. The average Bonchev–Trinajstić information content (AvgIpc) is 2.59. The SMILES string of the molecule is OCCc1ccc(-c2cnccc2Oc2ccccc2F)cc1. The Bertz CT molecular complexity index is 787. The van der Waals surface area contributed by atoms with Gasteiger partial charge in [0.2, 0.25) is 0 Å². The number of ether oxygens (including phenoxy) is 1. The summed E-state index contributed by atoms with van der Waals surface area (Å²) in [5, 5.41) is 8.97. The molecule has 0 aliphatic carbocycles. The van der Waals surface area contributed by atoms with Gasteiger partial charge in [-0.3, -0.25) is 4.98 Å². The number of halogens is 1. The molecule has 0 unspecified atom stereocenters. The van der Waals surface area contributed by atoms with Crippen molar-refractivity contribution in [2.75, 3.05) is 6.61 Å². The highest BCUT2D eigenvalue weighted by Crippen LogP contribution is 2.33. The van der Waals surface area contributed by atoms with Crippen LogP contribution in [0.25, 0.3) is 11.1 Å². The molecule has 3 aromatic rings. The van der Waals surface area contributed by atoms with Gasteiger partial charge in [0.05, 0.1) is 0 Å². The van der Waals surface area contributed by atoms with Crippen LogP contribution >= 0.6 is 0 Å². The number of hydrogen-bond acceptors (Lipinski definition) is 3. The molecule has 4 heteroatoms. The van der Waals surface area contributed by atoms with Crippen LogP contribution in [0.1, 0.15) is 5.56 Å². The first-order valence-corrected chi connectivity index (χ1v) is 7.34. The van der Waals surface area contributed by atoms with Gasteiger partial charge in [-0.2, -0.15) is 0 Å². The molecule has 23 heavy (non-hydrogen) atoms. The van der Waals surface area contributed by atoms with E-state index in [1.807, 2.05) is 24.3 Å². The first kappa shape index (κ1) is 15.2. The van der Waals surface area contributed by atoms with Gasteiger partial charge in [0.1, 0.15) is 5.75 Å². The van der Waals surface area contributed by atoms with E-state index in [1.54, 1.807) is 36.7 Å². The number of benzene rings is 2. The summed E-state index contributed by atoms with van der Waals surface area (Å²) in [5.41, 5.74) is 2.76. The van der Waals surface area contributed by atoms with Crippen molar-refractivity contribution in [2.24, 2.45) is 0 Å². The third kappa shape index (κ3) is 3.55. The predicted molar refractivity (Wildman–Crippen MR) is 86.9 cm³/mol. The van der Waals surface area contributed by atoms with Crippen LogP contribution in [-0.2, 0) is 6.42 Å². The fraction of sp³-hybridized carbons (Fsp3) is 0.105. The highest BCUT2D eigenvalue weighted by molar-refractivity contribution is 5.70. The fourth-order valence-corrected chi connectivity index (χ4v) is 2.31. The summed E-state index contributed by atoms with van der Waals surface area (Å²) in [6, 6.07) is 15.8. The summed E-state index contributed by atoms with van der Waals surface area (Å²) in [6.45, 7) is 0.119. The van der Waals surface area contributed by atoms with Crippen molar-refractivity contribution < 1.29 is 14.2 Å². The number of aliphatic hydroxyl groups is 1. The van der Waals surface area contributed by atoms with E-state index < -0.39 is 5.82 Å².